The molecule has 224 valence electrons. The van der Waals surface area contributed by atoms with Crippen LogP contribution in [0.15, 0.2) is 0 Å². The van der Waals surface area contributed by atoms with Gasteiger partial charge in [-0.1, -0.05) is 89.9 Å². The smallest absolute Gasteiger partial charge is 0.339 e. The quantitative estimate of drug-likeness (QED) is 0.0763. The van der Waals surface area contributed by atoms with Crippen LogP contribution in [0.4, 0.5) is 43.9 Å². The zero-order valence-electron chi connectivity index (χ0n) is 21.6. The molecule has 0 atom stereocenters. The average Bonchev–Trinajstić information content (AvgIpc) is 2.74. The summed E-state index contributed by atoms with van der Waals surface area (Å²) in [6, 6.07) is 1.59. The Morgan fingerprint density at radius 1 is 0.351 bits per heavy atom. The van der Waals surface area contributed by atoms with E-state index < -0.39 is 45.4 Å². The highest BCUT2D eigenvalue weighted by molar-refractivity contribution is 6.73. The first-order valence-corrected chi connectivity index (χ1v) is 16.0. The lowest BCUT2D eigenvalue weighted by atomic mass is 10.1. The number of unbranched alkanes of at least 4 members (excludes halogenated alkanes) is 14. The van der Waals surface area contributed by atoms with Crippen LogP contribution in [0.2, 0.25) is 12.1 Å². The highest BCUT2D eigenvalue weighted by Gasteiger charge is 2.57. The summed E-state index contributed by atoms with van der Waals surface area (Å²) in [5.74, 6) is -9.22. The van der Waals surface area contributed by atoms with E-state index in [9.17, 15) is 43.9 Å². The van der Waals surface area contributed by atoms with E-state index in [1.54, 1.807) is 0 Å². The molecule has 0 bridgehead atoms. The van der Waals surface area contributed by atoms with Crippen molar-refractivity contribution in [3.63, 3.8) is 0 Å². The fraction of sp³-hybridized carbons (Fsp3) is 1.00. The van der Waals surface area contributed by atoms with Gasteiger partial charge in [0, 0.05) is 12.8 Å². The minimum absolute atomic E-state index is 0.145. The first-order valence-electron chi connectivity index (χ1n) is 13.4. The summed E-state index contributed by atoms with van der Waals surface area (Å²) >= 11 is 0. The molecule has 0 aliphatic heterocycles. The van der Waals surface area contributed by atoms with Crippen LogP contribution >= 0.6 is 0 Å². The maximum absolute atomic E-state index is 12.8. The van der Waals surface area contributed by atoms with Crippen molar-refractivity contribution in [3.05, 3.63) is 0 Å². The number of halogens is 10. The van der Waals surface area contributed by atoms with Crippen molar-refractivity contribution in [2.75, 3.05) is 0 Å². The monoisotopic (exact) mass is 578 g/mol. The molecule has 0 rings (SSSR count). The summed E-state index contributed by atoms with van der Waals surface area (Å²) in [5.41, 5.74) is 0. The van der Waals surface area contributed by atoms with Gasteiger partial charge in [-0.2, -0.15) is 43.9 Å². The highest BCUT2D eigenvalue weighted by Crippen LogP contribution is 2.40. The van der Waals surface area contributed by atoms with Gasteiger partial charge in [0.25, 0.3) is 0 Å². The molecule has 2 nitrogen and oxygen atoms in total. The molecule has 0 radical (unpaired) electrons. The number of rotatable bonds is 22. The molecule has 0 aromatic heterocycles. The molecule has 0 heterocycles. The van der Waals surface area contributed by atoms with E-state index in [1.807, 2.05) is 0 Å². The van der Waals surface area contributed by atoms with E-state index in [4.69, 9.17) is 10.8 Å². The fourth-order valence-corrected chi connectivity index (χ4v) is 6.20. The van der Waals surface area contributed by atoms with Crippen molar-refractivity contribution in [3.8, 4) is 0 Å². The van der Waals surface area contributed by atoms with Crippen LogP contribution in [0.1, 0.15) is 116 Å². The second-order valence-corrected chi connectivity index (χ2v) is 13.8. The van der Waals surface area contributed by atoms with Crippen molar-refractivity contribution < 1.29 is 43.9 Å². The van der Waals surface area contributed by atoms with Gasteiger partial charge in [-0.15, -0.1) is 0 Å². The van der Waals surface area contributed by atoms with Crippen molar-refractivity contribution in [2.24, 2.45) is 10.8 Å². The summed E-state index contributed by atoms with van der Waals surface area (Å²) < 4.78 is 124. The van der Waals surface area contributed by atoms with Gasteiger partial charge in [0.05, 0.1) is 0 Å². The SMILES string of the molecule is N[Si](N)(CCCCCCCCCCC(F)(F)C(F)(F)F)CCCCCCCCCCC(F)(F)C(F)(F)F. The summed E-state index contributed by atoms with van der Waals surface area (Å²) in [6.45, 7) is 0. The Hall–Kier alpha value is -0.563. The largest absolute Gasteiger partial charge is 0.453 e. The van der Waals surface area contributed by atoms with Gasteiger partial charge in [-0.05, 0) is 24.9 Å². The van der Waals surface area contributed by atoms with Crippen LogP contribution in [0.3, 0.4) is 0 Å². The van der Waals surface area contributed by atoms with E-state index in [0.29, 0.717) is 25.7 Å². The maximum atomic E-state index is 12.8. The van der Waals surface area contributed by atoms with Crippen LogP contribution in [0, 0.1) is 0 Å². The average molecular weight is 579 g/mol. The third kappa shape index (κ3) is 17.6. The van der Waals surface area contributed by atoms with Crippen molar-refractivity contribution >= 4 is 8.40 Å². The predicted molar refractivity (Wildman–Crippen MR) is 129 cm³/mol. The third-order valence-electron chi connectivity index (χ3n) is 6.60. The van der Waals surface area contributed by atoms with E-state index in [2.05, 4.69) is 0 Å². The molecule has 0 aromatic rings. The van der Waals surface area contributed by atoms with Gasteiger partial charge in [-0.25, -0.2) is 0 Å². The maximum Gasteiger partial charge on any atom is 0.453 e. The van der Waals surface area contributed by atoms with Gasteiger partial charge in [0.2, 0.25) is 0 Å². The van der Waals surface area contributed by atoms with E-state index in [0.717, 1.165) is 76.3 Å². The molecule has 0 saturated heterocycles. The third-order valence-corrected chi connectivity index (χ3v) is 9.16. The predicted octanol–water partition coefficient (Wildman–Crippen LogP) is 9.76. The lowest BCUT2D eigenvalue weighted by Crippen LogP contribution is -2.55. The second kappa shape index (κ2) is 17.2. The van der Waals surface area contributed by atoms with E-state index >= 15 is 0 Å². The molecular formula is C24H44F10N2Si. The van der Waals surface area contributed by atoms with Gasteiger partial charge in [0.15, 0.2) is 8.40 Å². The molecule has 4 N–H and O–H groups in total. The van der Waals surface area contributed by atoms with Crippen LogP contribution in [-0.4, -0.2) is 32.6 Å². The summed E-state index contributed by atoms with van der Waals surface area (Å²) in [4.78, 5) is 0. The first-order chi connectivity index (χ1) is 16.9. The molecule has 0 saturated carbocycles. The molecular weight excluding hydrogens is 534 g/mol. The lowest BCUT2D eigenvalue weighted by Gasteiger charge is -2.21. The Balaban J connectivity index is 3.58. The van der Waals surface area contributed by atoms with Crippen molar-refractivity contribution in [2.45, 2.75) is 152 Å². The Labute approximate surface area is 215 Å². The Kier molecular flexibility index (Phi) is 16.9. The molecule has 0 amide bonds. The zero-order chi connectivity index (χ0) is 28.6. The summed E-state index contributed by atoms with van der Waals surface area (Å²) in [6.07, 6.45) is -2.61. The minimum atomic E-state index is -5.48. The summed E-state index contributed by atoms with van der Waals surface area (Å²) in [7, 11) is -2.27. The summed E-state index contributed by atoms with van der Waals surface area (Å²) in [5, 5.41) is 12.5. The molecule has 13 heteroatoms. The van der Waals surface area contributed by atoms with E-state index in [-0.39, 0.29) is 12.8 Å². The lowest BCUT2D eigenvalue weighted by molar-refractivity contribution is -0.284. The molecule has 0 aliphatic carbocycles. The van der Waals surface area contributed by atoms with Gasteiger partial charge in [0.1, 0.15) is 0 Å². The Morgan fingerprint density at radius 2 is 0.568 bits per heavy atom. The number of alkyl halides is 10. The highest BCUT2D eigenvalue weighted by atomic mass is 28.3. The first kappa shape index (κ1) is 36.4. The number of nitrogens with two attached hydrogens (primary N) is 2. The molecule has 37 heavy (non-hydrogen) atoms. The second-order valence-electron chi connectivity index (χ2n) is 10.3. The molecule has 0 unspecified atom stereocenters. The molecule has 0 spiro atoms. The van der Waals surface area contributed by atoms with Crippen molar-refractivity contribution in [1.29, 1.82) is 0 Å². The van der Waals surface area contributed by atoms with Crippen LogP contribution in [0.25, 0.3) is 0 Å². The number of hydrogen-bond acceptors (Lipinski definition) is 2. The van der Waals surface area contributed by atoms with Gasteiger partial charge in [-0.3, -0.25) is 0 Å². The normalized spacial score (nSPS) is 13.9. The molecule has 0 fully saturated rings. The number of hydrogen-bond donors (Lipinski definition) is 2. The minimum Gasteiger partial charge on any atom is -0.339 e. The van der Waals surface area contributed by atoms with Gasteiger partial charge < -0.3 is 10.8 Å². The van der Waals surface area contributed by atoms with Gasteiger partial charge >= 0.3 is 24.2 Å². The Morgan fingerprint density at radius 3 is 0.811 bits per heavy atom. The van der Waals surface area contributed by atoms with Crippen LogP contribution in [0.5, 0.6) is 0 Å². The fourth-order valence-electron chi connectivity index (χ4n) is 4.13. The Bertz CT molecular complexity index is 533. The molecule has 0 aromatic carbocycles. The van der Waals surface area contributed by atoms with E-state index in [1.165, 1.54) is 0 Å². The zero-order valence-corrected chi connectivity index (χ0v) is 22.6. The van der Waals surface area contributed by atoms with Crippen LogP contribution in [-0.2, 0) is 0 Å². The molecule has 0 aliphatic rings. The van der Waals surface area contributed by atoms with Crippen LogP contribution < -0.4 is 10.8 Å². The standard InChI is InChI=1S/C24H44F10N2Si/c25-21(26,23(29,30)31)17-13-9-5-1-3-7-11-15-19-37(35,36)20-16-12-8-4-2-6-10-14-18-22(27,28)24(32,33)34/h1-20,35-36H2. The topological polar surface area (TPSA) is 52.0 Å². The van der Waals surface area contributed by atoms with Crippen molar-refractivity contribution in [1.82, 2.24) is 0 Å².